The van der Waals surface area contributed by atoms with Crippen LogP contribution in [-0.2, 0) is 0 Å². The molecule has 0 heterocycles. The van der Waals surface area contributed by atoms with Gasteiger partial charge >= 0.3 is 5.97 Å². The zero-order chi connectivity index (χ0) is 17.3. The Kier molecular flexibility index (Phi) is 4.53. The second-order valence-corrected chi connectivity index (χ2v) is 7.22. The Hall–Kier alpha value is -2.03. The molecule has 2 nitrogen and oxygen atoms in total. The van der Waals surface area contributed by atoms with E-state index in [-0.39, 0.29) is 11.5 Å². The van der Waals surface area contributed by atoms with Crippen molar-refractivity contribution < 1.29 is 9.90 Å². The van der Waals surface area contributed by atoms with Crippen LogP contribution in [0.1, 0.15) is 28.8 Å². The van der Waals surface area contributed by atoms with Gasteiger partial charge in [0.2, 0.25) is 0 Å². The molecule has 2 unspecified atom stereocenters. The van der Waals surface area contributed by atoms with Crippen LogP contribution < -0.4 is 0 Å². The average molecular weight is 359 g/mol. The molecule has 0 saturated carbocycles. The normalized spacial score (nSPS) is 22.5. The highest BCUT2D eigenvalue weighted by Gasteiger charge is 2.31. The summed E-state index contributed by atoms with van der Waals surface area (Å²) in [4.78, 5) is 11.0. The van der Waals surface area contributed by atoms with Crippen molar-refractivity contribution in [2.24, 2.45) is 0 Å². The summed E-state index contributed by atoms with van der Waals surface area (Å²) in [5.41, 5.74) is 2.64. The monoisotopic (exact) mass is 358 g/mol. The van der Waals surface area contributed by atoms with Crippen LogP contribution in [0.25, 0.3) is 11.1 Å². The number of allylic oxidation sites excluding steroid dienone is 4. The molecule has 122 valence electrons. The molecule has 0 amide bonds. The predicted molar refractivity (Wildman–Crippen MR) is 99.1 cm³/mol. The topological polar surface area (TPSA) is 37.3 Å². The van der Waals surface area contributed by atoms with Crippen LogP contribution in [0.4, 0.5) is 0 Å². The van der Waals surface area contributed by atoms with Crippen molar-refractivity contribution in [2.45, 2.75) is 17.7 Å². The molecule has 2 aromatic rings. The summed E-state index contributed by atoms with van der Waals surface area (Å²) in [7, 11) is 0. The number of aromatic carboxylic acids is 1. The molecule has 3 rings (SSSR count). The number of halogens is 2. The van der Waals surface area contributed by atoms with Crippen molar-refractivity contribution in [1.29, 1.82) is 0 Å². The third-order valence-electron chi connectivity index (χ3n) is 4.19. The lowest BCUT2D eigenvalue weighted by atomic mass is 9.82. The van der Waals surface area contributed by atoms with Gasteiger partial charge in [-0.25, -0.2) is 4.79 Å². The third-order valence-corrected chi connectivity index (χ3v) is 4.88. The first-order chi connectivity index (χ1) is 11.4. The number of carbonyl (C=O) groups is 1. The van der Waals surface area contributed by atoms with Crippen LogP contribution >= 0.6 is 23.2 Å². The minimum atomic E-state index is -0.975. The molecule has 0 fully saturated rings. The first-order valence-corrected chi connectivity index (χ1v) is 8.32. The van der Waals surface area contributed by atoms with Gasteiger partial charge in [-0.3, -0.25) is 0 Å². The minimum Gasteiger partial charge on any atom is -0.478 e. The van der Waals surface area contributed by atoms with Gasteiger partial charge in [0.25, 0.3) is 0 Å². The molecule has 0 radical (unpaired) electrons. The fraction of sp³-hybridized carbons (Fsp3) is 0.150. The lowest BCUT2D eigenvalue weighted by Crippen LogP contribution is -2.24. The van der Waals surface area contributed by atoms with Crippen molar-refractivity contribution in [3.8, 4) is 11.1 Å². The van der Waals surface area contributed by atoms with E-state index in [1.54, 1.807) is 18.2 Å². The molecular formula is C20H16Cl2O2. The van der Waals surface area contributed by atoms with E-state index < -0.39 is 10.8 Å². The molecule has 0 aromatic heterocycles. The van der Waals surface area contributed by atoms with Crippen molar-refractivity contribution in [1.82, 2.24) is 0 Å². The summed E-state index contributed by atoms with van der Waals surface area (Å²) in [6, 6.07) is 12.7. The number of rotatable bonds is 3. The van der Waals surface area contributed by atoms with Gasteiger partial charge in [-0.05, 0) is 36.2 Å². The Balaban J connectivity index is 2.18. The van der Waals surface area contributed by atoms with E-state index in [4.69, 9.17) is 23.2 Å². The van der Waals surface area contributed by atoms with Crippen molar-refractivity contribution >= 4 is 29.2 Å². The lowest BCUT2D eigenvalue weighted by Gasteiger charge is -2.30. The molecule has 0 aliphatic heterocycles. The fourth-order valence-electron chi connectivity index (χ4n) is 2.95. The van der Waals surface area contributed by atoms with E-state index in [0.29, 0.717) is 5.02 Å². The van der Waals surface area contributed by atoms with E-state index in [9.17, 15) is 9.90 Å². The Morgan fingerprint density at radius 2 is 1.92 bits per heavy atom. The van der Waals surface area contributed by atoms with Gasteiger partial charge in [0.15, 0.2) is 0 Å². The molecule has 24 heavy (non-hydrogen) atoms. The first kappa shape index (κ1) is 16.8. The highest BCUT2D eigenvalue weighted by Crippen LogP contribution is 2.40. The predicted octanol–water partition coefficient (Wildman–Crippen LogP) is 5.91. The van der Waals surface area contributed by atoms with Gasteiger partial charge in [0, 0.05) is 16.5 Å². The Morgan fingerprint density at radius 1 is 1.17 bits per heavy atom. The standard InChI is InChI=1S/C20H16Cl2O2/c1-20(22)9-5-4-7-17(20)14-10-13(11-15(12-14)19(23)24)16-6-2-3-8-18(16)21/h2-12,17H,1H3,(H,23,24). The molecule has 1 aliphatic rings. The smallest absolute Gasteiger partial charge is 0.335 e. The van der Waals surface area contributed by atoms with Crippen LogP contribution in [0.3, 0.4) is 0 Å². The average Bonchev–Trinajstić information content (AvgIpc) is 2.54. The van der Waals surface area contributed by atoms with Crippen molar-refractivity contribution in [3.63, 3.8) is 0 Å². The summed E-state index contributed by atoms with van der Waals surface area (Å²) in [6.07, 6.45) is 7.74. The Labute approximate surface area is 151 Å². The number of carboxylic acid groups (broad SMARTS) is 1. The van der Waals surface area contributed by atoms with Crippen molar-refractivity contribution in [2.75, 3.05) is 0 Å². The molecule has 2 atom stereocenters. The molecule has 4 heteroatoms. The summed E-state index contributed by atoms with van der Waals surface area (Å²) in [5, 5.41) is 10.1. The number of benzene rings is 2. The van der Waals surface area contributed by atoms with E-state index in [2.05, 4.69) is 0 Å². The highest BCUT2D eigenvalue weighted by molar-refractivity contribution is 6.33. The van der Waals surface area contributed by atoms with Crippen LogP contribution in [0.2, 0.25) is 5.02 Å². The Morgan fingerprint density at radius 3 is 2.58 bits per heavy atom. The summed E-state index contributed by atoms with van der Waals surface area (Å²) in [5.74, 6) is -1.10. The van der Waals surface area contributed by atoms with Gasteiger partial charge in [-0.15, -0.1) is 11.6 Å². The zero-order valence-electron chi connectivity index (χ0n) is 13.0. The van der Waals surface area contributed by atoms with Gasteiger partial charge in [-0.1, -0.05) is 60.2 Å². The maximum atomic E-state index is 11.6. The third kappa shape index (κ3) is 3.26. The van der Waals surface area contributed by atoms with Crippen LogP contribution in [0.15, 0.2) is 66.8 Å². The molecule has 0 saturated heterocycles. The molecule has 1 N–H and O–H groups in total. The SMILES string of the molecule is CC1(Cl)C=CC=CC1c1cc(C(=O)O)cc(-c2ccccc2Cl)c1. The van der Waals surface area contributed by atoms with Gasteiger partial charge < -0.3 is 5.11 Å². The molecule has 1 aliphatic carbocycles. The second-order valence-electron chi connectivity index (χ2n) is 6.00. The quantitative estimate of drug-likeness (QED) is 0.692. The van der Waals surface area contributed by atoms with Crippen molar-refractivity contribution in [3.05, 3.63) is 82.9 Å². The molecular weight excluding hydrogens is 343 g/mol. The summed E-state index contributed by atoms with van der Waals surface area (Å²) >= 11 is 12.9. The van der Waals surface area contributed by atoms with E-state index in [1.165, 1.54) is 0 Å². The minimum absolute atomic E-state index is 0.121. The second kappa shape index (κ2) is 6.46. The largest absolute Gasteiger partial charge is 0.478 e. The maximum Gasteiger partial charge on any atom is 0.335 e. The zero-order valence-corrected chi connectivity index (χ0v) is 14.6. The first-order valence-electron chi connectivity index (χ1n) is 7.56. The fourth-order valence-corrected chi connectivity index (χ4v) is 3.47. The number of alkyl halides is 1. The highest BCUT2D eigenvalue weighted by atomic mass is 35.5. The Bertz CT molecular complexity index is 850. The van der Waals surface area contributed by atoms with Gasteiger partial charge in [-0.2, -0.15) is 0 Å². The summed E-state index contributed by atoms with van der Waals surface area (Å²) in [6.45, 7) is 1.92. The van der Waals surface area contributed by atoms with Crippen LogP contribution in [0.5, 0.6) is 0 Å². The molecule has 0 spiro atoms. The number of hydrogen-bond acceptors (Lipinski definition) is 1. The van der Waals surface area contributed by atoms with Gasteiger partial charge in [0.1, 0.15) is 0 Å². The molecule has 0 bridgehead atoms. The molecule has 2 aromatic carbocycles. The van der Waals surface area contributed by atoms with Crippen LogP contribution in [-0.4, -0.2) is 16.0 Å². The lowest BCUT2D eigenvalue weighted by molar-refractivity contribution is 0.0696. The van der Waals surface area contributed by atoms with E-state index in [0.717, 1.165) is 16.7 Å². The van der Waals surface area contributed by atoms with Gasteiger partial charge in [0.05, 0.1) is 10.4 Å². The van der Waals surface area contributed by atoms with Crippen LogP contribution in [0, 0.1) is 0 Å². The van der Waals surface area contributed by atoms with E-state index >= 15 is 0 Å². The summed E-state index contributed by atoms with van der Waals surface area (Å²) < 4.78 is 0. The maximum absolute atomic E-state index is 11.6. The van der Waals surface area contributed by atoms with E-state index in [1.807, 2.05) is 55.5 Å². The number of hydrogen-bond donors (Lipinski definition) is 1. The number of carboxylic acids is 1.